The van der Waals surface area contributed by atoms with Gasteiger partial charge in [0.25, 0.3) is 0 Å². The second-order valence-electron chi connectivity index (χ2n) is 5.10. The van der Waals surface area contributed by atoms with Crippen molar-refractivity contribution in [1.82, 2.24) is 15.3 Å². The Morgan fingerprint density at radius 1 is 1.47 bits per heavy atom. The Hall–Kier alpha value is -1.76. The minimum atomic E-state index is -0.223. The molecule has 0 fully saturated rings. The maximum Gasteiger partial charge on any atom is 0.223 e. The summed E-state index contributed by atoms with van der Waals surface area (Å²) in [7, 11) is 0. The van der Waals surface area contributed by atoms with E-state index in [1.165, 1.54) is 0 Å². The molecular formula is C12H19N5OS. The molecule has 0 bridgehead atoms. The zero-order valence-corrected chi connectivity index (χ0v) is 12.2. The first-order valence-corrected chi connectivity index (χ1v) is 6.36. The smallest absolute Gasteiger partial charge is 0.223 e. The largest absolute Gasteiger partial charge is 0.388 e. The minimum Gasteiger partial charge on any atom is -0.388 e. The van der Waals surface area contributed by atoms with Gasteiger partial charge >= 0.3 is 0 Å². The topological polar surface area (TPSA) is 92.9 Å². The van der Waals surface area contributed by atoms with E-state index in [1.54, 1.807) is 12.3 Å². The van der Waals surface area contributed by atoms with Gasteiger partial charge in [0.15, 0.2) is 0 Å². The molecule has 0 aliphatic heterocycles. The summed E-state index contributed by atoms with van der Waals surface area (Å²) in [5, 5.41) is 5.83. The second-order valence-corrected chi connectivity index (χ2v) is 5.54. The monoisotopic (exact) mass is 281 g/mol. The first-order valence-electron chi connectivity index (χ1n) is 5.96. The van der Waals surface area contributed by atoms with Gasteiger partial charge in [0, 0.05) is 24.7 Å². The number of aromatic nitrogens is 2. The fraction of sp³-hybridized carbons (Fsp3) is 0.500. The van der Waals surface area contributed by atoms with Gasteiger partial charge in [0.1, 0.15) is 10.7 Å². The van der Waals surface area contributed by atoms with Gasteiger partial charge in [-0.2, -0.15) is 0 Å². The normalized spacial score (nSPS) is 10.9. The zero-order valence-electron chi connectivity index (χ0n) is 11.4. The molecule has 6 nitrogen and oxygen atoms in total. The third kappa shape index (κ3) is 6.10. The van der Waals surface area contributed by atoms with Gasteiger partial charge in [-0.05, 0) is 26.8 Å². The molecule has 1 amide bonds. The van der Waals surface area contributed by atoms with E-state index >= 15 is 0 Å². The van der Waals surface area contributed by atoms with Gasteiger partial charge in [0.2, 0.25) is 11.9 Å². The molecule has 1 aromatic heterocycles. The van der Waals surface area contributed by atoms with Crippen molar-refractivity contribution in [3.05, 3.63) is 18.0 Å². The number of nitrogens with two attached hydrogens (primary N) is 1. The molecule has 1 rings (SSSR count). The minimum absolute atomic E-state index is 0.0227. The van der Waals surface area contributed by atoms with Crippen LogP contribution in [0.3, 0.4) is 0 Å². The van der Waals surface area contributed by atoms with Crippen molar-refractivity contribution < 1.29 is 4.79 Å². The van der Waals surface area contributed by atoms with E-state index in [2.05, 4.69) is 20.6 Å². The molecule has 0 unspecified atom stereocenters. The van der Waals surface area contributed by atoms with Crippen LogP contribution in [0.25, 0.3) is 0 Å². The van der Waals surface area contributed by atoms with Crippen molar-refractivity contribution >= 4 is 29.1 Å². The highest BCUT2D eigenvalue weighted by atomic mass is 32.1. The predicted octanol–water partition coefficient (Wildman–Crippen LogP) is 0.828. The Morgan fingerprint density at radius 3 is 2.74 bits per heavy atom. The maximum absolute atomic E-state index is 11.6. The van der Waals surface area contributed by atoms with Gasteiger partial charge in [-0.3, -0.25) is 4.79 Å². The summed E-state index contributed by atoms with van der Waals surface area (Å²) >= 11 is 4.83. The Morgan fingerprint density at radius 2 is 2.16 bits per heavy atom. The number of thiocarbonyl (C=S) groups is 1. The lowest BCUT2D eigenvalue weighted by Gasteiger charge is -2.20. The Balaban J connectivity index is 2.43. The van der Waals surface area contributed by atoms with E-state index in [-0.39, 0.29) is 16.4 Å². The van der Waals surface area contributed by atoms with Crippen molar-refractivity contribution in [3.8, 4) is 0 Å². The number of hydrogen-bond acceptors (Lipinski definition) is 5. The lowest BCUT2D eigenvalue weighted by Crippen LogP contribution is -2.41. The molecule has 4 N–H and O–H groups in total. The summed E-state index contributed by atoms with van der Waals surface area (Å²) in [5.41, 5.74) is 5.76. The van der Waals surface area contributed by atoms with Crippen LogP contribution in [0.15, 0.2) is 12.3 Å². The number of anilines is 1. The van der Waals surface area contributed by atoms with Crippen LogP contribution in [0.1, 0.15) is 32.9 Å². The standard InChI is InChI=1S/C12H19N5OS/c1-12(2,3)17-9(18)5-7-15-11-14-6-4-8(16-11)10(13)19/h4,6H,5,7H2,1-3H3,(H2,13,19)(H,17,18)(H,14,15,16). The van der Waals surface area contributed by atoms with Crippen LogP contribution < -0.4 is 16.4 Å². The molecule has 0 saturated heterocycles. The Bertz CT molecular complexity index is 469. The fourth-order valence-electron chi connectivity index (χ4n) is 1.35. The molecule has 19 heavy (non-hydrogen) atoms. The van der Waals surface area contributed by atoms with Crippen molar-refractivity contribution in [2.45, 2.75) is 32.7 Å². The van der Waals surface area contributed by atoms with Gasteiger partial charge in [-0.1, -0.05) is 12.2 Å². The molecule has 1 heterocycles. The number of nitrogens with zero attached hydrogens (tertiary/aromatic N) is 2. The van der Waals surface area contributed by atoms with Crippen LogP contribution in [0.2, 0.25) is 0 Å². The number of carbonyl (C=O) groups excluding carboxylic acids is 1. The van der Waals surface area contributed by atoms with E-state index in [9.17, 15) is 4.79 Å². The molecule has 0 atom stereocenters. The molecule has 0 aromatic carbocycles. The van der Waals surface area contributed by atoms with Crippen LogP contribution in [0, 0.1) is 0 Å². The number of nitrogens with one attached hydrogen (secondary N) is 2. The number of amides is 1. The highest BCUT2D eigenvalue weighted by Crippen LogP contribution is 2.02. The number of carbonyl (C=O) groups is 1. The van der Waals surface area contributed by atoms with Gasteiger partial charge in [-0.15, -0.1) is 0 Å². The maximum atomic E-state index is 11.6. The molecule has 104 valence electrons. The first-order chi connectivity index (χ1) is 8.78. The quantitative estimate of drug-likeness (QED) is 0.692. The highest BCUT2D eigenvalue weighted by Gasteiger charge is 2.13. The molecule has 0 radical (unpaired) electrons. The van der Waals surface area contributed by atoms with Crippen LogP contribution >= 0.6 is 12.2 Å². The summed E-state index contributed by atoms with van der Waals surface area (Å²) in [6, 6.07) is 1.64. The molecule has 1 aromatic rings. The summed E-state index contributed by atoms with van der Waals surface area (Å²) in [6.07, 6.45) is 1.91. The molecule has 7 heteroatoms. The Kier molecular flexibility index (Phi) is 5.17. The third-order valence-corrected chi connectivity index (χ3v) is 2.27. The van der Waals surface area contributed by atoms with Gasteiger partial charge < -0.3 is 16.4 Å². The first kappa shape index (κ1) is 15.3. The van der Waals surface area contributed by atoms with Crippen LogP contribution in [-0.2, 0) is 4.79 Å². The van der Waals surface area contributed by atoms with E-state index in [0.717, 1.165) is 0 Å². The third-order valence-electron chi connectivity index (χ3n) is 2.06. The average Bonchev–Trinajstić information content (AvgIpc) is 2.27. The average molecular weight is 281 g/mol. The van der Waals surface area contributed by atoms with Crippen molar-refractivity contribution in [1.29, 1.82) is 0 Å². The summed E-state index contributed by atoms with van der Waals surface area (Å²) in [6.45, 7) is 6.26. The zero-order chi connectivity index (χ0) is 14.5. The SMILES string of the molecule is CC(C)(C)NC(=O)CCNc1nccc(C(N)=S)n1. The molecule has 0 aliphatic carbocycles. The lowest BCUT2D eigenvalue weighted by atomic mass is 10.1. The van der Waals surface area contributed by atoms with E-state index in [4.69, 9.17) is 18.0 Å². The summed E-state index contributed by atoms with van der Waals surface area (Å²) < 4.78 is 0. The molecular weight excluding hydrogens is 262 g/mol. The van der Waals surface area contributed by atoms with Crippen LogP contribution in [0.4, 0.5) is 5.95 Å². The summed E-state index contributed by atoms with van der Waals surface area (Å²) in [4.78, 5) is 20.0. The second kappa shape index (κ2) is 6.42. The fourth-order valence-corrected chi connectivity index (χ4v) is 1.46. The van der Waals surface area contributed by atoms with Crippen LogP contribution in [0.5, 0.6) is 0 Å². The molecule has 0 aliphatic rings. The number of rotatable bonds is 5. The lowest BCUT2D eigenvalue weighted by molar-refractivity contribution is -0.122. The van der Waals surface area contributed by atoms with Crippen molar-refractivity contribution in [3.63, 3.8) is 0 Å². The molecule has 0 spiro atoms. The van der Waals surface area contributed by atoms with Crippen molar-refractivity contribution in [2.24, 2.45) is 5.73 Å². The van der Waals surface area contributed by atoms with Crippen molar-refractivity contribution in [2.75, 3.05) is 11.9 Å². The highest BCUT2D eigenvalue weighted by molar-refractivity contribution is 7.80. The van der Waals surface area contributed by atoms with Gasteiger partial charge in [0.05, 0.1) is 0 Å². The van der Waals surface area contributed by atoms with Gasteiger partial charge in [-0.25, -0.2) is 9.97 Å². The summed E-state index contributed by atoms with van der Waals surface area (Å²) in [5.74, 6) is 0.388. The predicted molar refractivity (Wildman–Crippen MR) is 78.9 cm³/mol. The molecule has 0 saturated carbocycles. The Labute approximate surface area is 118 Å². The van der Waals surface area contributed by atoms with E-state index in [1.807, 2.05) is 20.8 Å². The number of hydrogen-bond donors (Lipinski definition) is 3. The van der Waals surface area contributed by atoms with E-state index in [0.29, 0.717) is 24.6 Å². The van der Waals surface area contributed by atoms with Crippen LogP contribution in [-0.4, -0.2) is 32.9 Å². The van der Waals surface area contributed by atoms with E-state index < -0.39 is 0 Å².